The highest BCUT2D eigenvalue weighted by Crippen LogP contribution is 2.43. The van der Waals surface area contributed by atoms with E-state index in [9.17, 15) is 9.59 Å². The summed E-state index contributed by atoms with van der Waals surface area (Å²) >= 11 is 0. The second kappa shape index (κ2) is 10.6. The van der Waals surface area contributed by atoms with E-state index in [0.29, 0.717) is 12.1 Å². The monoisotopic (exact) mass is 558 g/mol. The maximum Gasteiger partial charge on any atom is 0.314 e. The van der Waals surface area contributed by atoms with Gasteiger partial charge in [0, 0.05) is 47.2 Å². The molecule has 2 aliphatic rings. The van der Waals surface area contributed by atoms with E-state index in [0.717, 1.165) is 48.4 Å². The summed E-state index contributed by atoms with van der Waals surface area (Å²) in [6.07, 6.45) is 9.78. The van der Waals surface area contributed by atoms with E-state index < -0.39 is 11.8 Å². The van der Waals surface area contributed by atoms with E-state index in [1.54, 1.807) is 4.90 Å². The lowest BCUT2D eigenvalue weighted by atomic mass is 9.77. The van der Waals surface area contributed by atoms with Crippen LogP contribution in [0.1, 0.15) is 83.5 Å². The average Bonchev–Trinajstić information content (AvgIpc) is 3.35. The van der Waals surface area contributed by atoms with Crippen molar-refractivity contribution >= 4 is 40.3 Å². The number of benzene rings is 1. The minimum atomic E-state index is -0.763. The van der Waals surface area contributed by atoms with Crippen molar-refractivity contribution in [2.24, 2.45) is 5.92 Å². The molecule has 2 atom stereocenters. The zero-order chi connectivity index (χ0) is 29.7. The number of hydrogen-bond acceptors (Lipinski definition) is 7. The molecule has 10 nitrogen and oxygen atoms in total. The predicted octanol–water partition coefficient (Wildman–Crippen LogP) is 4.77. The van der Waals surface area contributed by atoms with Crippen molar-refractivity contribution in [3.05, 3.63) is 47.9 Å². The number of nitrogens with one attached hydrogen (secondary N) is 2. The molecule has 1 aromatic carbocycles. The minimum Gasteiger partial charge on any atom is -0.396 e. The molecule has 10 heteroatoms. The molecule has 0 unspecified atom stereocenters. The van der Waals surface area contributed by atoms with E-state index in [4.69, 9.17) is 16.2 Å². The van der Waals surface area contributed by atoms with E-state index >= 15 is 0 Å². The van der Waals surface area contributed by atoms with Crippen LogP contribution in [0.2, 0.25) is 0 Å². The number of likely N-dealkylation sites (tertiary alicyclic amines) is 2. The maximum atomic E-state index is 13.5. The van der Waals surface area contributed by atoms with Gasteiger partial charge in [-0.05, 0) is 84.0 Å². The van der Waals surface area contributed by atoms with Crippen LogP contribution < -0.4 is 11.1 Å². The number of aromatic nitrogens is 3. The van der Waals surface area contributed by atoms with Crippen LogP contribution in [-0.2, 0) is 9.59 Å². The van der Waals surface area contributed by atoms with E-state index in [-0.39, 0.29) is 40.5 Å². The number of pyridine rings is 1. The van der Waals surface area contributed by atoms with Crippen molar-refractivity contribution in [1.29, 1.82) is 5.41 Å². The molecule has 0 spiro atoms. The zero-order valence-electron chi connectivity index (χ0n) is 24.9. The number of hydrogen-bond donors (Lipinski definition) is 3. The second-order valence-electron chi connectivity index (χ2n) is 13.1. The van der Waals surface area contributed by atoms with Gasteiger partial charge < -0.3 is 21.4 Å². The second-order valence-corrected chi connectivity index (χ2v) is 13.1. The first-order chi connectivity index (χ1) is 19.3. The molecule has 218 valence electrons. The normalized spacial score (nSPS) is 22.9. The van der Waals surface area contributed by atoms with Gasteiger partial charge in [0.05, 0.1) is 35.2 Å². The van der Waals surface area contributed by atoms with Crippen molar-refractivity contribution in [2.75, 3.05) is 24.6 Å². The van der Waals surface area contributed by atoms with Crippen LogP contribution in [0.4, 0.5) is 11.4 Å². The van der Waals surface area contributed by atoms with Gasteiger partial charge >= 0.3 is 11.8 Å². The Balaban J connectivity index is 1.40. The molecule has 0 bridgehead atoms. The largest absolute Gasteiger partial charge is 0.396 e. The highest BCUT2D eigenvalue weighted by molar-refractivity contribution is 6.40. The first-order valence-corrected chi connectivity index (χ1v) is 14.4. The van der Waals surface area contributed by atoms with Gasteiger partial charge in [0.15, 0.2) is 0 Å². The molecule has 0 radical (unpaired) electrons. The number of fused-ring (bicyclic) bond motifs is 1. The average molecular weight is 559 g/mol. The standard InChI is InChI=1S/C31H42N8O2/c1-19-7-10-26(38(17-19)29(41)28(40)35-25-16-34-15-22(14-32)27(25)33)20-8-9-24-21(11-20)18-39(36-24)23-12-30(2,3)37(6)31(4,5)13-23/h8-9,11,14-16,18-19,23,26,32H,7,10,12-13,17H2,1-6H3,(H2,33,34)(H,35,40)/t19-,26+/m0/s1. The molecule has 5 rings (SSSR count). The van der Waals surface area contributed by atoms with Gasteiger partial charge in [-0.1, -0.05) is 13.0 Å². The van der Waals surface area contributed by atoms with Crippen LogP contribution in [0.3, 0.4) is 0 Å². The number of nitrogens with two attached hydrogens (primary N) is 1. The number of amides is 2. The van der Waals surface area contributed by atoms with Gasteiger partial charge in [-0.2, -0.15) is 5.10 Å². The van der Waals surface area contributed by atoms with Crippen LogP contribution in [0.5, 0.6) is 0 Å². The number of piperidine rings is 2. The lowest BCUT2D eigenvalue weighted by Crippen LogP contribution is -2.58. The van der Waals surface area contributed by atoms with Crippen LogP contribution in [-0.4, -0.2) is 67.3 Å². The van der Waals surface area contributed by atoms with E-state index in [1.807, 2.05) is 12.1 Å². The molecule has 2 saturated heterocycles. The molecule has 2 fully saturated rings. The van der Waals surface area contributed by atoms with Gasteiger partial charge in [-0.3, -0.25) is 24.2 Å². The predicted molar refractivity (Wildman–Crippen MR) is 162 cm³/mol. The van der Waals surface area contributed by atoms with Crippen molar-refractivity contribution in [2.45, 2.75) is 83.5 Å². The molecule has 2 aliphatic heterocycles. The fourth-order valence-electron chi connectivity index (χ4n) is 6.69. The minimum absolute atomic E-state index is 0.0530. The Morgan fingerprint density at radius 3 is 2.51 bits per heavy atom. The third-order valence-electron chi connectivity index (χ3n) is 9.29. The Hall–Kier alpha value is -3.79. The highest BCUT2D eigenvalue weighted by Gasteiger charge is 2.44. The number of anilines is 2. The third kappa shape index (κ3) is 5.45. The molecule has 4 heterocycles. The number of carbonyl (C=O) groups excluding carboxylic acids is 2. The van der Waals surface area contributed by atoms with Gasteiger partial charge in [-0.25, -0.2) is 0 Å². The summed E-state index contributed by atoms with van der Waals surface area (Å²) in [4.78, 5) is 34.8. The first-order valence-electron chi connectivity index (χ1n) is 14.4. The van der Waals surface area contributed by atoms with E-state index in [1.165, 1.54) is 12.4 Å². The van der Waals surface area contributed by atoms with Crippen molar-refractivity contribution in [3.63, 3.8) is 0 Å². The van der Waals surface area contributed by atoms with Crippen LogP contribution in [0.25, 0.3) is 10.9 Å². The Morgan fingerprint density at radius 1 is 1.12 bits per heavy atom. The van der Waals surface area contributed by atoms with Gasteiger partial charge in [0.25, 0.3) is 0 Å². The van der Waals surface area contributed by atoms with Gasteiger partial charge in [0.2, 0.25) is 0 Å². The molecular formula is C31H42N8O2. The van der Waals surface area contributed by atoms with Crippen molar-refractivity contribution in [3.8, 4) is 0 Å². The zero-order valence-corrected chi connectivity index (χ0v) is 24.9. The molecule has 0 saturated carbocycles. The summed E-state index contributed by atoms with van der Waals surface area (Å²) in [7, 11) is 2.21. The molecule has 2 aromatic heterocycles. The Bertz CT molecular complexity index is 1470. The number of nitrogen functional groups attached to an aromatic ring is 1. The quantitative estimate of drug-likeness (QED) is 0.312. The number of rotatable bonds is 4. The topological polar surface area (TPSA) is 133 Å². The highest BCUT2D eigenvalue weighted by atomic mass is 16.2. The first kappa shape index (κ1) is 28.7. The fraction of sp³-hybridized carbons (Fsp3) is 0.516. The Morgan fingerprint density at radius 2 is 1.83 bits per heavy atom. The fourth-order valence-corrected chi connectivity index (χ4v) is 6.69. The lowest BCUT2D eigenvalue weighted by molar-refractivity contribution is -0.146. The summed E-state index contributed by atoms with van der Waals surface area (Å²) in [5, 5.41) is 16.1. The molecule has 2 amide bonds. The SMILES string of the molecule is C[C@H]1CC[C@H](c2ccc3nn(C4CC(C)(C)N(C)C(C)(C)C4)cc3c2)N(C(=O)C(=O)Nc2cncc(C=N)c2N)C1. The molecular weight excluding hydrogens is 516 g/mol. The van der Waals surface area contributed by atoms with Crippen LogP contribution in [0.15, 0.2) is 36.8 Å². The summed E-state index contributed by atoms with van der Waals surface area (Å²) in [6.45, 7) is 11.8. The van der Waals surface area contributed by atoms with Crippen LogP contribution in [0, 0.1) is 11.3 Å². The van der Waals surface area contributed by atoms with Gasteiger partial charge in [-0.15, -0.1) is 0 Å². The Kier molecular flexibility index (Phi) is 7.40. The summed E-state index contributed by atoms with van der Waals surface area (Å²) < 4.78 is 2.13. The van der Waals surface area contributed by atoms with Crippen molar-refractivity contribution < 1.29 is 9.59 Å². The van der Waals surface area contributed by atoms with Crippen molar-refractivity contribution in [1.82, 2.24) is 24.6 Å². The Labute approximate surface area is 241 Å². The molecule has 4 N–H and O–H groups in total. The van der Waals surface area contributed by atoms with E-state index in [2.05, 4.69) is 73.8 Å². The molecule has 41 heavy (non-hydrogen) atoms. The molecule has 0 aliphatic carbocycles. The maximum absolute atomic E-state index is 13.5. The summed E-state index contributed by atoms with van der Waals surface area (Å²) in [5.41, 5.74) is 8.91. The summed E-state index contributed by atoms with van der Waals surface area (Å²) in [6, 6.07) is 6.26. The smallest absolute Gasteiger partial charge is 0.314 e. The molecule has 3 aromatic rings. The van der Waals surface area contributed by atoms with Crippen LogP contribution >= 0.6 is 0 Å². The lowest BCUT2D eigenvalue weighted by Gasteiger charge is -2.53. The number of nitrogens with zero attached hydrogens (tertiary/aromatic N) is 5. The van der Waals surface area contributed by atoms with Gasteiger partial charge in [0.1, 0.15) is 0 Å². The number of carbonyl (C=O) groups is 2. The third-order valence-corrected chi connectivity index (χ3v) is 9.29. The summed E-state index contributed by atoms with van der Waals surface area (Å²) in [5.74, 6) is -1.09.